The lowest BCUT2D eigenvalue weighted by atomic mass is 10.0. The Balaban J connectivity index is 1.32. The standard InChI is InChI=1S/C42H22N4O/c1-44-31-23-36(45-33-16-8-5-13-29(33)41-35(45)20-21-39-42(41)30-14-6-9-17-38(30)47-39)26(24-43)22-37(31)46-32-15-7-4-12-28(32)40-27-11-3-2-10-25(27)18-19-34(40)46/h2-23H. The van der Waals surface area contributed by atoms with Gasteiger partial charge in [-0.1, -0.05) is 84.9 Å². The minimum atomic E-state index is 0.468. The number of hydrogen-bond donors (Lipinski definition) is 0. The number of nitrogens with zero attached hydrogens (tertiary/aromatic N) is 4. The van der Waals surface area contributed by atoms with Gasteiger partial charge in [-0.3, -0.25) is 0 Å². The molecule has 0 aliphatic heterocycles. The van der Waals surface area contributed by atoms with E-state index in [1.807, 2.05) is 54.6 Å². The molecule has 0 aliphatic carbocycles. The average molecular weight is 599 g/mol. The first-order valence-electron chi connectivity index (χ1n) is 15.5. The van der Waals surface area contributed by atoms with Crippen molar-refractivity contribution in [1.82, 2.24) is 9.13 Å². The summed E-state index contributed by atoms with van der Waals surface area (Å²) in [4.78, 5) is 4.08. The number of aromatic nitrogens is 2. The average Bonchev–Trinajstić information content (AvgIpc) is 3.78. The number of furan rings is 1. The predicted molar refractivity (Wildman–Crippen MR) is 191 cm³/mol. The van der Waals surface area contributed by atoms with Crippen LogP contribution in [0.4, 0.5) is 5.69 Å². The molecule has 0 amide bonds. The van der Waals surface area contributed by atoms with Gasteiger partial charge in [0.25, 0.3) is 0 Å². The molecule has 7 aromatic carbocycles. The number of rotatable bonds is 2. The summed E-state index contributed by atoms with van der Waals surface area (Å²) in [5, 5.41) is 19.5. The molecule has 0 saturated carbocycles. The molecule has 0 spiro atoms. The van der Waals surface area contributed by atoms with Gasteiger partial charge in [-0.05, 0) is 59.3 Å². The molecule has 0 saturated heterocycles. The molecule has 47 heavy (non-hydrogen) atoms. The Morgan fingerprint density at radius 1 is 0.532 bits per heavy atom. The zero-order valence-corrected chi connectivity index (χ0v) is 24.9. The summed E-state index contributed by atoms with van der Waals surface area (Å²) in [5.41, 5.74) is 7.87. The predicted octanol–water partition coefficient (Wildman–Crippen LogP) is 11.4. The molecule has 0 fully saturated rings. The first kappa shape index (κ1) is 25.5. The van der Waals surface area contributed by atoms with Crippen molar-refractivity contribution < 1.29 is 4.42 Å². The SMILES string of the molecule is [C-]#[N+]c1cc(-n2c3ccccc3c3c4c(ccc32)oc2ccccc24)c(C#N)cc1-n1c2ccccc2c2c3ccccc3ccc21. The van der Waals surface area contributed by atoms with Crippen LogP contribution in [-0.4, -0.2) is 9.13 Å². The molecule has 10 aromatic rings. The summed E-state index contributed by atoms with van der Waals surface area (Å²) < 4.78 is 10.5. The fourth-order valence-corrected chi connectivity index (χ4v) is 7.64. The van der Waals surface area contributed by atoms with E-state index in [4.69, 9.17) is 11.0 Å². The zero-order valence-electron chi connectivity index (χ0n) is 24.9. The van der Waals surface area contributed by atoms with Crippen LogP contribution in [0.2, 0.25) is 0 Å². The Morgan fingerprint density at radius 2 is 1.15 bits per heavy atom. The summed E-state index contributed by atoms with van der Waals surface area (Å²) in [6, 6.07) is 47.6. The lowest BCUT2D eigenvalue weighted by Gasteiger charge is -2.16. The van der Waals surface area contributed by atoms with Crippen LogP contribution in [0.3, 0.4) is 0 Å². The highest BCUT2D eigenvalue weighted by atomic mass is 16.3. The Morgan fingerprint density at radius 3 is 1.91 bits per heavy atom. The van der Waals surface area contributed by atoms with Crippen molar-refractivity contribution in [2.75, 3.05) is 0 Å². The molecule has 3 heterocycles. The van der Waals surface area contributed by atoms with Crippen LogP contribution in [0.5, 0.6) is 0 Å². The third-order valence-electron chi connectivity index (χ3n) is 9.55. The third kappa shape index (κ3) is 3.35. The Hall–Kier alpha value is -6.82. The summed E-state index contributed by atoms with van der Waals surface area (Å²) in [6.45, 7) is 8.39. The van der Waals surface area contributed by atoms with Gasteiger partial charge in [-0.25, -0.2) is 4.85 Å². The fourth-order valence-electron chi connectivity index (χ4n) is 7.64. The number of fused-ring (bicyclic) bond motifs is 12. The first-order chi connectivity index (χ1) is 23.2. The molecule has 216 valence electrons. The van der Waals surface area contributed by atoms with Crippen LogP contribution in [0, 0.1) is 17.9 Å². The normalized spacial score (nSPS) is 11.8. The molecule has 5 heteroatoms. The molecular weight excluding hydrogens is 576 g/mol. The topological polar surface area (TPSA) is 51.1 Å². The molecular formula is C42H22N4O. The van der Waals surface area contributed by atoms with Gasteiger partial charge in [-0.15, -0.1) is 0 Å². The molecule has 0 atom stereocenters. The Kier molecular flexibility index (Phi) is 5.07. The first-order valence-corrected chi connectivity index (χ1v) is 15.5. The number of para-hydroxylation sites is 3. The number of benzene rings is 7. The molecule has 3 aromatic heterocycles. The summed E-state index contributed by atoms with van der Waals surface area (Å²) in [5.74, 6) is 0. The smallest absolute Gasteiger partial charge is 0.212 e. The molecule has 0 N–H and O–H groups in total. The van der Waals surface area contributed by atoms with E-state index in [1.54, 1.807) is 0 Å². The highest BCUT2D eigenvalue weighted by Gasteiger charge is 2.23. The van der Waals surface area contributed by atoms with E-state index >= 15 is 0 Å². The summed E-state index contributed by atoms with van der Waals surface area (Å²) >= 11 is 0. The van der Waals surface area contributed by atoms with E-state index in [-0.39, 0.29) is 0 Å². The van der Waals surface area contributed by atoms with Gasteiger partial charge in [0.15, 0.2) is 0 Å². The van der Waals surface area contributed by atoms with Gasteiger partial charge in [0.05, 0.1) is 45.6 Å². The van der Waals surface area contributed by atoms with E-state index in [0.29, 0.717) is 22.6 Å². The van der Waals surface area contributed by atoms with Crippen molar-refractivity contribution in [1.29, 1.82) is 5.26 Å². The minimum absolute atomic E-state index is 0.468. The zero-order chi connectivity index (χ0) is 31.2. The van der Waals surface area contributed by atoms with Crippen LogP contribution in [-0.2, 0) is 0 Å². The molecule has 10 rings (SSSR count). The molecule has 5 nitrogen and oxygen atoms in total. The lowest BCUT2D eigenvalue weighted by Crippen LogP contribution is -2.01. The van der Waals surface area contributed by atoms with Crippen molar-refractivity contribution in [2.24, 2.45) is 0 Å². The van der Waals surface area contributed by atoms with Crippen molar-refractivity contribution >= 4 is 82.0 Å². The van der Waals surface area contributed by atoms with Crippen molar-refractivity contribution in [3.05, 3.63) is 150 Å². The monoisotopic (exact) mass is 598 g/mol. The lowest BCUT2D eigenvalue weighted by molar-refractivity contribution is 0.669. The van der Waals surface area contributed by atoms with Crippen LogP contribution in [0.25, 0.3) is 92.5 Å². The van der Waals surface area contributed by atoms with Gasteiger partial charge in [0, 0.05) is 32.3 Å². The highest BCUT2D eigenvalue weighted by molar-refractivity contribution is 6.27. The van der Waals surface area contributed by atoms with E-state index in [2.05, 4.69) is 98.9 Å². The molecule has 0 bridgehead atoms. The van der Waals surface area contributed by atoms with Gasteiger partial charge in [-0.2, -0.15) is 5.26 Å². The second kappa shape index (κ2) is 9.34. The minimum Gasteiger partial charge on any atom is -0.456 e. The second-order valence-corrected chi connectivity index (χ2v) is 11.9. The third-order valence-corrected chi connectivity index (χ3v) is 9.55. The number of nitriles is 1. The second-order valence-electron chi connectivity index (χ2n) is 11.9. The van der Waals surface area contributed by atoms with Crippen LogP contribution in [0.1, 0.15) is 5.56 Å². The quantitative estimate of drug-likeness (QED) is 0.186. The Labute approximate surface area is 268 Å². The maximum Gasteiger partial charge on any atom is 0.212 e. The van der Waals surface area contributed by atoms with Crippen LogP contribution >= 0.6 is 0 Å². The van der Waals surface area contributed by atoms with Crippen molar-refractivity contribution in [3.63, 3.8) is 0 Å². The van der Waals surface area contributed by atoms with Gasteiger partial charge in [0.2, 0.25) is 5.69 Å². The maximum atomic E-state index is 10.7. The van der Waals surface area contributed by atoms with Crippen molar-refractivity contribution in [3.8, 4) is 17.4 Å². The molecule has 0 aliphatic rings. The van der Waals surface area contributed by atoms with Crippen LogP contribution in [0.15, 0.2) is 138 Å². The van der Waals surface area contributed by atoms with Crippen LogP contribution < -0.4 is 0 Å². The molecule has 0 unspecified atom stereocenters. The Bertz CT molecular complexity index is 3050. The summed E-state index contributed by atoms with van der Waals surface area (Å²) in [7, 11) is 0. The van der Waals surface area contributed by atoms with E-state index < -0.39 is 0 Å². The van der Waals surface area contributed by atoms with Crippen molar-refractivity contribution in [2.45, 2.75) is 0 Å². The van der Waals surface area contributed by atoms with Gasteiger partial charge < -0.3 is 13.6 Å². The van der Waals surface area contributed by atoms with E-state index in [1.165, 1.54) is 0 Å². The highest BCUT2D eigenvalue weighted by Crippen LogP contribution is 2.44. The summed E-state index contributed by atoms with van der Waals surface area (Å²) in [6.07, 6.45) is 0. The van der Waals surface area contributed by atoms with E-state index in [9.17, 15) is 5.26 Å². The van der Waals surface area contributed by atoms with Gasteiger partial charge in [0.1, 0.15) is 17.2 Å². The van der Waals surface area contributed by atoms with E-state index in [0.717, 1.165) is 76.3 Å². The maximum absolute atomic E-state index is 10.7. The van der Waals surface area contributed by atoms with Gasteiger partial charge >= 0.3 is 0 Å². The molecule has 0 radical (unpaired) electrons. The fraction of sp³-hybridized carbons (Fsp3) is 0. The number of hydrogen-bond acceptors (Lipinski definition) is 2. The largest absolute Gasteiger partial charge is 0.456 e.